The van der Waals surface area contributed by atoms with E-state index in [1.54, 1.807) is 20.8 Å². The summed E-state index contributed by atoms with van der Waals surface area (Å²) >= 11 is 0. The summed E-state index contributed by atoms with van der Waals surface area (Å²) in [6.45, 7) is 5.06. The normalized spacial score (nSPS) is 10.7. The first-order valence-electron chi connectivity index (χ1n) is 3.78. The molecule has 0 aliphatic rings. The predicted molar refractivity (Wildman–Crippen MR) is 49.8 cm³/mol. The monoisotopic (exact) mass is 221 g/mol. The van der Waals surface area contributed by atoms with E-state index >= 15 is 0 Å². The van der Waals surface area contributed by atoms with Crippen LogP contribution in [-0.2, 0) is 24.3 Å². The maximum atomic E-state index is 10.8. The van der Waals surface area contributed by atoms with E-state index in [9.17, 15) is 9.59 Å². The van der Waals surface area contributed by atoms with Crippen LogP contribution in [0.4, 0.5) is 0 Å². The summed E-state index contributed by atoms with van der Waals surface area (Å²) in [5.74, 6) is -1.94. The molecule has 7 heteroatoms. The van der Waals surface area contributed by atoms with Crippen LogP contribution in [0.1, 0.15) is 20.8 Å². The standard InChI is InChI=1S/C8H12O6.H3N/c1-8(2,3)14-13-7(10)5-4-6(9)12-11;/h4-5,11H,1-3H3;1H3/b5-4-;. The second-order valence-electron chi connectivity index (χ2n) is 3.34. The molecule has 0 bridgehead atoms. The fourth-order valence-electron chi connectivity index (χ4n) is 0.360. The molecule has 4 N–H and O–H groups in total. The Morgan fingerprint density at radius 3 is 2.00 bits per heavy atom. The molecule has 0 radical (unpaired) electrons. The highest BCUT2D eigenvalue weighted by Crippen LogP contribution is 2.06. The second kappa shape index (κ2) is 6.93. The van der Waals surface area contributed by atoms with E-state index in [1.165, 1.54) is 0 Å². The zero-order chi connectivity index (χ0) is 11.2. The second-order valence-corrected chi connectivity index (χ2v) is 3.34. The lowest BCUT2D eigenvalue weighted by Crippen LogP contribution is -2.21. The van der Waals surface area contributed by atoms with Crippen molar-refractivity contribution in [2.24, 2.45) is 0 Å². The van der Waals surface area contributed by atoms with Crippen LogP contribution >= 0.6 is 0 Å². The van der Waals surface area contributed by atoms with Crippen LogP contribution in [0.3, 0.4) is 0 Å². The molecule has 88 valence electrons. The number of rotatable bonds is 3. The van der Waals surface area contributed by atoms with Gasteiger partial charge in [-0.1, -0.05) is 0 Å². The molecule has 0 heterocycles. The lowest BCUT2D eigenvalue weighted by molar-refractivity contribution is -0.316. The Bertz CT molecular complexity index is 242. The first kappa shape index (κ1) is 16.0. The summed E-state index contributed by atoms with van der Waals surface area (Å²) in [5, 5.41) is 7.82. The summed E-state index contributed by atoms with van der Waals surface area (Å²) in [7, 11) is 0. The van der Waals surface area contributed by atoms with Crippen LogP contribution in [0.5, 0.6) is 0 Å². The molecular weight excluding hydrogens is 206 g/mol. The van der Waals surface area contributed by atoms with Crippen LogP contribution in [0.25, 0.3) is 0 Å². The van der Waals surface area contributed by atoms with E-state index in [1.807, 2.05) is 0 Å². The summed E-state index contributed by atoms with van der Waals surface area (Å²) in [5.41, 5.74) is -0.624. The van der Waals surface area contributed by atoms with E-state index in [-0.39, 0.29) is 6.15 Å². The van der Waals surface area contributed by atoms with Crippen molar-refractivity contribution in [3.8, 4) is 0 Å². The van der Waals surface area contributed by atoms with E-state index in [4.69, 9.17) is 5.26 Å². The van der Waals surface area contributed by atoms with Gasteiger partial charge in [0.2, 0.25) is 0 Å². The molecule has 0 unspecified atom stereocenters. The number of hydrogen-bond acceptors (Lipinski definition) is 7. The van der Waals surface area contributed by atoms with Crippen molar-refractivity contribution in [1.29, 1.82) is 0 Å². The molecular formula is C8H15NO6. The molecule has 0 aliphatic heterocycles. The predicted octanol–water partition coefficient (Wildman–Crippen LogP) is 0.994. The lowest BCUT2D eigenvalue weighted by atomic mass is 10.2. The number of carbonyl (C=O) groups excluding carboxylic acids is 2. The van der Waals surface area contributed by atoms with Crippen molar-refractivity contribution < 1.29 is 29.5 Å². The third-order valence-corrected chi connectivity index (χ3v) is 0.819. The minimum absolute atomic E-state index is 0. The van der Waals surface area contributed by atoms with Gasteiger partial charge in [-0.25, -0.2) is 9.59 Å². The van der Waals surface area contributed by atoms with Crippen molar-refractivity contribution in [3.05, 3.63) is 12.2 Å². The fourth-order valence-corrected chi connectivity index (χ4v) is 0.360. The molecule has 0 rings (SSSR count). The van der Waals surface area contributed by atoms with Crippen molar-refractivity contribution in [3.63, 3.8) is 0 Å². The average molecular weight is 221 g/mol. The van der Waals surface area contributed by atoms with Crippen LogP contribution in [0, 0.1) is 0 Å². The van der Waals surface area contributed by atoms with E-state index < -0.39 is 17.5 Å². The molecule has 0 amide bonds. The molecule has 7 nitrogen and oxygen atoms in total. The van der Waals surface area contributed by atoms with Gasteiger partial charge in [0.25, 0.3) is 0 Å². The molecule has 0 fully saturated rings. The molecule has 0 atom stereocenters. The minimum Gasteiger partial charge on any atom is -0.344 e. The van der Waals surface area contributed by atoms with Gasteiger partial charge >= 0.3 is 11.9 Å². The fraction of sp³-hybridized carbons (Fsp3) is 0.500. The molecule has 0 saturated carbocycles. The van der Waals surface area contributed by atoms with Gasteiger partial charge in [0, 0.05) is 12.2 Å². The Hall–Kier alpha value is -1.44. The van der Waals surface area contributed by atoms with Gasteiger partial charge in [0.15, 0.2) is 0 Å². The topological polar surface area (TPSA) is 117 Å². The molecule has 0 spiro atoms. The average Bonchev–Trinajstić information content (AvgIpc) is 2.09. The quantitative estimate of drug-likeness (QED) is 0.414. The van der Waals surface area contributed by atoms with Gasteiger partial charge in [0.1, 0.15) is 5.60 Å². The van der Waals surface area contributed by atoms with Crippen LogP contribution in [0.2, 0.25) is 0 Å². The highest BCUT2D eigenvalue weighted by atomic mass is 17.2. The Morgan fingerprint density at radius 2 is 1.60 bits per heavy atom. The van der Waals surface area contributed by atoms with E-state index in [0.29, 0.717) is 6.08 Å². The highest BCUT2D eigenvalue weighted by molar-refractivity contribution is 5.91. The lowest BCUT2D eigenvalue weighted by Gasteiger charge is -2.15. The van der Waals surface area contributed by atoms with Gasteiger partial charge < -0.3 is 6.15 Å². The van der Waals surface area contributed by atoms with Crippen LogP contribution < -0.4 is 6.15 Å². The molecule has 0 saturated heterocycles. The summed E-state index contributed by atoms with van der Waals surface area (Å²) in [6, 6.07) is 0. The van der Waals surface area contributed by atoms with Gasteiger partial charge in [-0.05, 0) is 20.8 Å². The Balaban J connectivity index is 0. The number of carbonyl (C=O) groups is 2. The van der Waals surface area contributed by atoms with E-state index in [0.717, 1.165) is 6.08 Å². The smallest absolute Gasteiger partial charge is 0.344 e. The summed E-state index contributed by atoms with van der Waals surface area (Å²) in [6.07, 6.45) is 1.47. The Kier molecular flexibility index (Phi) is 7.40. The molecule has 0 aromatic carbocycles. The maximum Gasteiger partial charge on any atom is 0.366 e. The third kappa shape index (κ3) is 10.5. The first-order chi connectivity index (χ1) is 6.35. The molecule has 0 aromatic rings. The zero-order valence-corrected chi connectivity index (χ0v) is 8.85. The van der Waals surface area contributed by atoms with Gasteiger partial charge in [-0.15, -0.1) is 0 Å². The van der Waals surface area contributed by atoms with Gasteiger partial charge in [0.05, 0.1) is 0 Å². The Labute approximate surface area is 87.1 Å². The van der Waals surface area contributed by atoms with Gasteiger partial charge in [-0.2, -0.15) is 10.1 Å². The zero-order valence-electron chi connectivity index (χ0n) is 8.85. The van der Waals surface area contributed by atoms with E-state index in [2.05, 4.69) is 14.7 Å². The largest absolute Gasteiger partial charge is 0.366 e. The summed E-state index contributed by atoms with van der Waals surface area (Å²) < 4.78 is 0. The molecule has 0 aromatic heterocycles. The Morgan fingerprint density at radius 1 is 1.13 bits per heavy atom. The summed E-state index contributed by atoms with van der Waals surface area (Å²) in [4.78, 5) is 33.3. The first-order valence-corrected chi connectivity index (χ1v) is 3.78. The van der Waals surface area contributed by atoms with Crippen LogP contribution in [0.15, 0.2) is 12.2 Å². The van der Waals surface area contributed by atoms with Crippen molar-refractivity contribution in [1.82, 2.24) is 6.15 Å². The molecule has 15 heavy (non-hydrogen) atoms. The van der Waals surface area contributed by atoms with Crippen molar-refractivity contribution in [2.45, 2.75) is 26.4 Å². The third-order valence-electron chi connectivity index (χ3n) is 0.819. The highest BCUT2D eigenvalue weighted by Gasteiger charge is 2.14. The maximum absolute atomic E-state index is 10.8. The number of hydrogen-bond donors (Lipinski definition) is 2. The van der Waals surface area contributed by atoms with Crippen molar-refractivity contribution >= 4 is 11.9 Å². The van der Waals surface area contributed by atoms with Gasteiger partial charge in [-0.3, -0.25) is 9.78 Å². The molecule has 0 aliphatic carbocycles. The van der Waals surface area contributed by atoms with Crippen LogP contribution in [-0.4, -0.2) is 22.8 Å². The van der Waals surface area contributed by atoms with Crippen molar-refractivity contribution in [2.75, 3.05) is 0 Å². The minimum atomic E-state index is -1.07. The SMILES string of the molecule is CC(C)(C)OOC(=O)/C=C\C(=O)OO.N.